The van der Waals surface area contributed by atoms with E-state index < -0.39 is 0 Å². The quantitative estimate of drug-likeness (QED) is 0.792. The molecule has 0 aliphatic carbocycles. The second-order valence-corrected chi connectivity index (χ2v) is 4.30. The highest BCUT2D eigenvalue weighted by molar-refractivity contribution is 5.49. The van der Waals surface area contributed by atoms with Gasteiger partial charge in [-0.15, -0.1) is 0 Å². The van der Waals surface area contributed by atoms with Gasteiger partial charge < -0.3 is 9.84 Å². The summed E-state index contributed by atoms with van der Waals surface area (Å²) < 4.78 is 7.30. The molecule has 5 heteroatoms. The number of phenolic OH excluding ortho intramolecular Hbond substituents is 1. The molecule has 1 heterocycles. The van der Waals surface area contributed by atoms with Crippen molar-refractivity contribution >= 4 is 0 Å². The van der Waals surface area contributed by atoms with Gasteiger partial charge in [-0.3, -0.25) is 0 Å². The zero-order valence-electron chi connectivity index (χ0n) is 10.9. The van der Waals surface area contributed by atoms with Gasteiger partial charge in [0.05, 0.1) is 5.69 Å². The Morgan fingerprint density at radius 1 is 1.10 bits per heavy atom. The van der Waals surface area contributed by atoms with Crippen LogP contribution < -0.4 is 4.74 Å². The van der Waals surface area contributed by atoms with E-state index in [1.165, 1.54) is 0 Å². The molecule has 0 aliphatic heterocycles. The Kier molecular flexibility index (Phi) is 3.09. The Balaban J connectivity index is 1.95. The van der Waals surface area contributed by atoms with Gasteiger partial charge in [-0.05, 0) is 31.2 Å². The van der Waals surface area contributed by atoms with Crippen LogP contribution in [0.25, 0.3) is 5.69 Å². The molecule has 0 radical (unpaired) electrons. The van der Waals surface area contributed by atoms with Gasteiger partial charge in [0.15, 0.2) is 11.5 Å². The minimum atomic E-state index is 0.0782. The predicted molar refractivity (Wildman–Crippen MR) is 74.3 cm³/mol. The number of para-hydroxylation sites is 1. The summed E-state index contributed by atoms with van der Waals surface area (Å²) in [6.45, 7) is 1.82. The lowest BCUT2D eigenvalue weighted by Crippen LogP contribution is -1.95. The van der Waals surface area contributed by atoms with Gasteiger partial charge >= 0.3 is 0 Å². The summed E-state index contributed by atoms with van der Waals surface area (Å²) in [5, 5.41) is 14.1. The Morgan fingerprint density at radius 2 is 1.90 bits per heavy atom. The predicted octanol–water partition coefficient (Wildman–Crippen LogP) is 3.07. The van der Waals surface area contributed by atoms with E-state index in [2.05, 4.69) is 10.1 Å². The van der Waals surface area contributed by atoms with Crippen molar-refractivity contribution in [1.29, 1.82) is 0 Å². The molecular weight excluding hydrogens is 254 g/mol. The molecule has 0 spiro atoms. The monoisotopic (exact) mass is 267 g/mol. The highest BCUT2D eigenvalue weighted by Crippen LogP contribution is 2.32. The van der Waals surface area contributed by atoms with E-state index in [0.29, 0.717) is 17.3 Å². The number of ether oxygens (including phenoxy) is 1. The Hall–Kier alpha value is -2.82. The third-order valence-corrected chi connectivity index (χ3v) is 2.79. The maximum Gasteiger partial charge on any atom is 0.171 e. The number of nitrogens with zero attached hydrogens (tertiary/aromatic N) is 3. The van der Waals surface area contributed by atoms with E-state index in [1.54, 1.807) is 29.2 Å². The Labute approximate surface area is 116 Å². The largest absolute Gasteiger partial charge is 0.504 e. The van der Waals surface area contributed by atoms with E-state index in [4.69, 9.17) is 4.74 Å². The van der Waals surface area contributed by atoms with Crippen LogP contribution in [-0.4, -0.2) is 19.9 Å². The van der Waals surface area contributed by atoms with Crippen LogP contribution in [0.5, 0.6) is 17.2 Å². The van der Waals surface area contributed by atoms with Crippen LogP contribution in [0.1, 0.15) is 5.82 Å². The maximum absolute atomic E-state index is 9.88. The summed E-state index contributed by atoms with van der Waals surface area (Å²) in [7, 11) is 0. The van der Waals surface area contributed by atoms with Crippen LogP contribution in [0.4, 0.5) is 0 Å². The normalized spacial score (nSPS) is 10.4. The molecule has 0 amide bonds. The molecule has 0 unspecified atom stereocenters. The smallest absolute Gasteiger partial charge is 0.171 e. The van der Waals surface area contributed by atoms with Crippen LogP contribution in [0, 0.1) is 6.92 Å². The molecule has 0 atom stereocenters. The van der Waals surface area contributed by atoms with E-state index in [9.17, 15) is 5.11 Å². The van der Waals surface area contributed by atoms with Crippen molar-refractivity contribution in [3.05, 3.63) is 60.7 Å². The van der Waals surface area contributed by atoms with Crippen molar-refractivity contribution in [2.45, 2.75) is 6.92 Å². The summed E-state index contributed by atoms with van der Waals surface area (Å²) in [6.07, 6.45) is 1.62. The van der Waals surface area contributed by atoms with Crippen molar-refractivity contribution in [3.8, 4) is 22.9 Å². The van der Waals surface area contributed by atoms with Crippen molar-refractivity contribution in [2.24, 2.45) is 0 Å². The van der Waals surface area contributed by atoms with Crippen molar-refractivity contribution in [1.82, 2.24) is 14.8 Å². The minimum absolute atomic E-state index is 0.0782. The standard InChI is InChI=1S/C15H13N3O2/c1-11-16-10-18(17-11)12-7-8-14(19)15(9-12)20-13-5-3-2-4-6-13/h2-10,19H,1H3. The molecule has 0 saturated carbocycles. The molecule has 5 nitrogen and oxygen atoms in total. The molecule has 0 saturated heterocycles. The van der Waals surface area contributed by atoms with E-state index in [1.807, 2.05) is 37.3 Å². The van der Waals surface area contributed by atoms with E-state index >= 15 is 0 Å². The zero-order chi connectivity index (χ0) is 13.9. The summed E-state index contributed by atoms with van der Waals surface area (Å²) in [4.78, 5) is 4.08. The van der Waals surface area contributed by atoms with Gasteiger partial charge in [0, 0.05) is 6.07 Å². The van der Waals surface area contributed by atoms with Crippen LogP contribution in [0.2, 0.25) is 0 Å². The minimum Gasteiger partial charge on any atom is -0.504 e. The number of aromatic hydroxyl groups is 1. The third kappa shape index (κ3) is 2.47. The van der Waals surface area contributed by atoms with Crippen molar-refractivity contribution < 1.29 is 9.84 Å². The van der Waals surface area contributed by atoms with Gasteiger partial charge in [0.1, 0.15) is 17.9 Å². The molecule has 100 valence electrons. The summed E-state index contributed by atoms with van der Waals surface area (Å²) in [5.41, 5.74) is 0.773. The van der Waals surface area contributed by atoms with E-state index in [-0.39, 0.29) is 5.75 Å². The molecular formula is C15H13N3O2. The summed E-state index contributed by atoms with van der Waals surface area (Å²) >= 11 is 0. The van der Waals surface area contributed by atoms with E-state index in [0.717, 1.165) is 5.69 Å². The molecule has 2 aromatic carbocycles. The fourth-order valence-corrected chi connectivity index (χ4v) is 1.81. The molecule has 0 bridgehead atoms. The fourth-order valence-electron chi connectivity index (χ4n) is 1.81. The van der Waals surface area contributed by atoms with Crippen molar-refractivity contribution in [2.75, 3.05) is 0 Å². The highest BCUT2D eigenvalue weighted by Gasteiger charge is 2.07. The second-order valence-electron chi connectivity index (χ2n) is 4.30. The number of hydrogen-bond acceptors (Lipinski definition) is 4. The van der Waals surface area contributed by atoms with Gasteiger partial charge in [0.2, 0.25) is 0 Å². The topological polar surface area (TPSA) is 60.2 Å². The van der Waals surface area contributed by atoms with Gasteiger partial charge in [0.25, 0.3) is 0 Å². The Morgan fingerprint density at radius 3 is 2.60 bits per heavy atom. The number of benzene rings is 2. The number of hydrogen-bond donors (Lipinski definition) is 1. The third-order valence-electron chi connectivity index (χ3n) is 2.79. The number of aromatic nitrogens is 3. The second kappa shape index (κ2) is 5.05. The first-order valence-corrected chi connectivity index (χ1v) is 6.17. The summed E-state index contributed by atoms with van der Waals surface area (Å²) in [6, 6.07) is 14.3. The molecule has 1 N–H and O–H groups in total. The fraction of sp³-hybridized carbons (Fsp3) is 0.0667. The number of rotatable bonds is 3. The molecule has 0 aliphatic rings. The average Bonchev–Trinajstić information content (AvgIpc) is 2.89. The first-order chi connectivity index (χ1) is 9.72. The number of aryl methyl sites for hydroxylation is 1. The molecule has 0 fully saturated rings. The molecule has 1 aromatic heterocycles. The van der Waals surface area contributed by atoms with Crippen LogP contribution in [0.15, 0.2) is 54.9 Å². The summed E-state index contributed by atoms with van der Waals surface area (Å²) in [5.74, 6) is 1.80. The molecule has 3 rings (SSSR count). The Bertz CT molecular complexity index is 723. The lowest BCUT2D eigenvalue weighted by atomic mass is 10.2. The van der Waals surface area contributed by atoms with Crippen LogP contribution in [-0.2, 0) is 0 Å². The maximum atomic E-state index is 9.88. The molecule has 3 aromatic rings. The zero-order valence-corrected chi connectivity index (χ0v) is 10.9. The molecule has 20 heavy (non-hydrogen) atoms. The lowest BCUT2D eigenvalue weighted by Gasteiger charge is -2.09. The highest BCUT2D eigenvalue weighted by atomic mass is 16.5. The average molecular weight is 267 g/mol. The first kappa shape index (κ1) is 12.2. The van der Waals surface area contributed by atoms with Crippen LogP contribution in [0.3, 0.4) is 0 Å². The van der Waals surface area contributed by atoms with Gasteiger partial charge in [-0.25, -0.2) is 9.67 Å². The lowest BCUT2D eigenvalue weighted by molar-refractivity contribution is 0.411. The van der Waals surface area contributed by atoms with Crippen molar-refractivity contribution in [3.63, 3.8) is 0 Å². The van der Waals surface area contributed by atoms with Gasteiger partial charge in [-0.1, -0.05) is 18.2 Å². The SMILES string of the molecule is Cc1ncn(-c2ccc(O)c(Oc3ccccc3)c2)n1. The van der Waals surface area contributed by atoms with Crippen LogP contribution >= 0.6 is 0 Å². The number of phenols is 1. The van der Waals surface area contributed by atoms with Gasteiger partial charge in [-0.2, -0.15) is 5.10 Å². The first-order valence-electron chi connectivity index (χ1n) is 6.17.